The van der Waals surface area contributed by atoms with Gasteiger partial charge in [-0.1, -0.05) is 13.3 Å². The molecule has 0 spiro atoms. The van der Waals surface area contributed by atoms with Crippen LogP contribution in [-0.2, 0) is 11.3 Å². The lowest BCUT2D eigenvalue weighted by Crippen LogP contribution is -2.40. The first-order chi connectivity index (χ1) is 7.74. The first kappa shape index (κ1) is 15.9. The zero-order chi connectivity index (χ0) is 11.8. The normalized spacial score (nSPS) is 11.6. The molecule has 0 aliphatic heterocycles. The molecule has 1 aromatic heterocycles. The van der Waals surface area contributed by atoms with Crippen LogP contribution in [0.3, 0.4) is 0 Å². The number of carbonyl (C=O) groups excluding carboxylic acids is 1. The summed E-state index contributed by atoms with van der Waals surface area (Å²) in [4.78, 5) is 15.4. The van der Waals surface area contributed by atoms with Crippen LogP contribution in [0.4, 0.5) is 0 Å². The van der Waals surface area contributed by atoms with Gasteiger partial charge < -0.3 is 15.6 Å². The van der Waals surface area contributed by atoms with Gasteiger partial charge in [0.2, 0.25) is 5.91 Å². The van der Waals surface area contributed by atoms with E-state index in [0.29, 0.717) is 6.54 Å². The molecule has 0 aliphatic carbocycles. The molecule has 1 unspecified atom stereocenters. The van der Waals surface area contributed by atoms with Crippen molar-refractivity contribution in [2.75, 3.05) is 6.54 Å². The van der Waals surface area contributed by atoms with E-state index >= 15 is 0 Å². The summed E-state index contributed by atoms with van der Waals surface area (Å²) < 4.78 is 1.98. The Morgan fingerprint density at radius 1 is 1.59 bits per heavy atom. The van der Waals surface area contributed by atoms with E-state index in [1.807, 2.05) is 17.7 Å². The number of nitrogens with two attached hydrogens (primary N) is 1. The Balaban J connectivity index is 0.00000256. The third-order valence-electron chi connectivity index (χ3n) is 2.39. The standard InChI is InChI=1S/C11H20N4O.ClH/c1-2-4-10(12)11(16)14-5-3-7-15-8-6-13-9-15;/h6,8-10H,2-5,7,12H2,1H3,(H,14,16);1H. The summed E-state index contributed by atoms with van der Waals surface area (Å²) in [5.74, 6) is -0.0486. The van der Waals surface area contributed by atoms with Crippen LogP contribution in [0.1, 0.15) is 26.2 Å². The quantitative estimate of drug-likeness (QED) is 0.717. The first-order valence-corrected chi connectivity index (χ1v) is 5.73. The molecule has 1 amide bonds. The molecule has 17 heavy (non-hydrogen) atoms. The molecule has 1 heterocycles. The van der Waals surface area contributed by atoms with E-state index in [-0.39, 0.29) is 24.4 Å². The van der Waals surface area contributed by atoms with Gasteiger partial charge in [-0.3, -0.25) is 4.79 Å². The van der Waals surface area contributed by atoms with Gasteiger partial charge in [-0.05, 0) is 12.8 Å². The van der Waals surface area contributed by atoms with Crippen LogP contribution in [0.15, 0.2) is 18.7 Å². The fraction of sp³-hybridized carbons (Fsp3) is 0.636. The molecule has 1 aromatic rings. The van der Waals surface area contributed by atoms with E-state index in [0.717, 1.165) is 25.8 Å². The third-order valence-corrected chi connectivity index (χ3v) is 2.39. The van der Waals surface area contributed by atoms with Gasteiger partial charge in [-0.2, -0.15) is 0 Å². The van der Waals surface area contributed by atoms with Crippen molar-refractivity contribution in [2.45, 2.75) is 38.8 Å². The molecule has 0 radical (unpaired) electrons. The lowest BCUT2D eigenvalue weighted by Gasteiger charge is -2.11. The van der Waals surface area contributed by atoms with Crippen molar-refractivity contribution in [1.29, 1.82) is 0 Å². The molecule has 1 atom stereocenters. The van der Waals surface area contributed by atoms with Gasteiger partial charge in [0.1, 0.15) is 0 Å². The average molecular weight is 261 g/mol. The van der Waals surface area contributed by atoms with Gasteiger partial charge in [0.05, 0.1) is 12.4 Å². The Bertz CT molecular complexity index is 302. The van der Waals surface area contributed by atoms with Crippen LogP contribution in [0.5, 0.6) is 0 Å². The minimum atomic E-state index is -0.363. The van der Waals surface area contributed by atoms with Gasteiger partial charge in [0.15, 0.2) is 0 Å². The molecule has 1 rings (SSSR count). The van der Waals surface area contributed by atoms with Crippen molar-refractivity contribution >= 4 is 18.3 Å². The molecule has 0 saturated carbocycles. The molecule has 3 N–H and O–H groups in total. The zero-order valence-corrected chi connectivity index (χ0v) is 10.9. The van der Waals surface area contributed by atoms with Crippen LogP contribution in [0, 0.1) is 0 Å². The molecule has 98 valence electrons. The molecule has 5 nitrogen and oxygen atoms in total. The molecule has 0 aromatic carbocycles. The molecule has 0 bridgehead atoms. The molecule has 0 fully saturated rings. The molecule has 0 saturated heterocycles. The van der Waals surface area contributed by atoms with E-state index < -0.39 is 0 Å². The van der Waals surface area contributed by atoms with E-state index in [4.69, 9.17) is 5.73 Å². The highest BCUT2D eigenvalue weighted by Gasteiger charge is 2.10. The van der Waals surface area contributed by atoms with Crippen molar-refractivity contribution < 1.29 is 4.79 Å². The predicted octanol–water partition coefficient (Wildman–Crippen LogP) is 0.939. The lowest BCUT2D eigenvalue weighted by molar-refractivity contribution is -0.122. The van der Waals surface area contributed by atoms with Gasteiger partial charge in [-0.25, -0.2) is 4.98 Å². The number of hydrogen-bond donors (Lipinski definition) is 2. The number of hydrogen-bond acceptors (Lipinski definition) is 3. The summed E-state index contributed by atoms with van der Waals surface area (Å²) in [6, 6.07) is -0.363. The van der Waals surface area contributed by atoms with Crippen molar-refractivity contribution in [3.05, 3.63) is 18.7 Å². The minimum Gasteiger partial charge on any atom is -0.355 e. The van der Waals surface area contributed by atoms with E-state index in [1.54, 1.807) is 12.5 Å². The molecule has 6 heteroatoms. The maximum atomic E-state index is 11.4. The smallest absolute Gasteiger partial charge is 0.236 e. The number of rotatable bonds is 7. The fourth-order valence-electron chi connectivity index (χ4n) is 1.47. The monoisotopic (exact) mass is 260 g/mol. The maximum absolute atomic E-state index is 11.4. The van der Waals surface area contributed by atoms with Crippen LogP contribution in [0.2, 0.25) is 0 Å². The highest BCUT2D eigenvalue weighted by Crippen LogP contribution is 1.93. The SMILES string of the molecule is CCCC(N)C(=O)NCCCn1ccnc1.Cl. The Morgan fingerprint density at radius 3 is 2.94 bits per heavy atom. The number of nitrogens with zero attached hydrogens (tertiary/aromatic N) is 2. The molecular weight excluding hydrogens is 240 g/mol. The lowest BCUT2D eigenvalue weighted by atomic mass is 10.2. The second kappa shape index (κ2) is 9.01. The van der Waals surface area contributed by atoms with E-state index in [2.05, 4.69) is 10.3 Å². The summed E-state index contributed by atoms with van der Waals surface area (Å²) in [5, 5.41) is 2.83. The second-order valence-corrected chi connectivity index (χ2v) is 3.84. The van der Waals surface area contributed by atoms with Gasteiger partial charge in [-0.15, -0.1) is 12.4 Å². The fourth-order valence-corrected chi connectivity index (χ4v) is 1.47. The number of aryl methyl sites for hydroxylation is 1. The Hall–Kier alpha value is -1.07. The topological polar surface area (TPSA) is 72.9 Å². The van der Waals surface area contributed by atoms with Crippen LogP contribution < -0.4 is 11.1 Å². The number of halogens is 1. The van der Waals surface area contributed by atoms with Crippen molar-refractivity contribution in [3.63, 3.8) is 0 Å². The summed E-state index contributed by atoms with van der Waals surface area (Å²) in [5.41, 5.74) is 5.68. The number of carbonyl (C=O) groups is 1. The molecular formula is C11H21ClN4O. The molecule has 0 aliphatic rings. The van der Waals surface area contributed by atoms with E-state index in [1.165, 1.54) is 0 Å². The highest BCUT2D eigenvalue weighted by molar-refractivity contribution is 5.85. The van der Waals surface area contributed by atoms with Crippen LogP contribution in [-0.4, -0.2) is 28.0 Å². The number of aromatic nitrogens is 2. The van der Waals surface area contributed by atoms with Crippen molar-refractivity contribution in [2.24, 2.45) is 5.73 Å². The Kier molecular flexibility index (Phi) is 8.44. The third kappa shape index (κ3) is 6.28. The van der Waals surface area contributed by atoms with E-state index in [9.17, 15) is 4.79 Å². The summed E-state index contributed by atoms with van der Waals surface area (Å²) in [6.07, 6.45) is 7.99. The number of imidazole rings is 1. The van der Waals surface area contributed by atoms with Crippen LogP contribution in [0.25, 0.3) is 0 Å². The average Bonchev–Trinajstić information content (AvgIpc) is 2.77. The maximum Gasteiger partial charge on any atom is 0.236 e. The largest absolute Gasteiger partial charge is 0.355 e. The van der Waals surface area contributed by atoms with Crippen molar-refractivity contribution in [3.8, 4) is 0 Å². The Morgan fingerprint density at radius 2 is 2.35 bits per heavy atom. The Labute approximate surface area is 108 Å². The summed E-state index contributed by atoms with van der Waals surface area (Å²) >= 11 is 0. The minimum absolute atomic E-state index is 0. The van der Waals surface area contributed by atoms with Gasteiger partial charge in [0.25, 0.3) is 0 Å². The number of nitrogens with one attached hydrogen (secondary N) is 1. The van der Waals surface area contributed by atoms with Gasteiger partial charge >= 0.3 is 0 Å². The number of amides is 1. The van der Waals surface area contributed by atoms with Crippen molar-refractivity contribution in [1.82, 2.24) is 14.9 Å². The summed E-state index contributed by atoms with van der Waals surface area (Å²) in [6.45, 7) is 3.55. The zero-order valence-electron chi connectivity index (χ0n) is 10.1. The highest BCUT2D eigenvalue weighted by atomic mass is 35.5. The van der Waals surface area contributed by atoms with Crippen LogP contribution >= 0.6 is 12.4 Å². The van der Waals surface area contributed by atoms with Gasteiger partial charge in [0, 0.05) is 25.5 Å². The second-order valence-electron chi connectivity index (χ2n) is 3.84. The summed E-state index contributed by atoms with van der Waals surface area (Å²) in [7, 11) is 0. The predicted molar refractivity (Wildman–Crippen MR) is 70.0 cm³/mol. The first-order valence-electron chi connectivity index (χ1n) is 5.73.